The largest absolute Gasteiger partial charge is 0.489 e. The third-order valence-corrected chi connectivity index (χ3v) is 8.55. The van der Waals surface area contributed by atoms with Crippen LogP contribution in [0.25, 0.3) is 16.0 Å². The van der Waals surface area contributed by atoms with Crippen LogP contribution < -0.4 is 9.47 Å². The fourth-order valence-corrected chi connectivity index (χ4v) is 6.16. The van der Waals surface area contributed by atoms with Gasteiger partial charge in [0.25, 0.3) is 0 Å². The highest BCUT2D eigenvalue weighted by atomic mass is 35.5. The number of aromatic nitrogens is 2. The molecule has 2 aromatic carbocycles. The van der Waals surface area contributed by atoms with Crippen LogP contribution >= 0.6 is 34.5 Å². The Morgan fingerprint density at radius 2 is 1.95 bits per heavy atom. The van der Waals surface area contributed by atoms with E-state index < -0.39 is 12.1 Å². The van der Waals surface area contributed by atoms with Gasteiger partial charge in [-0.3, -0.25) is 4.57 Å². The summed E-state index contributed by atoms with van der Waals surface area (Å²) in [6.07, 6.45) is 3.32. The maximum atomic E-state index is 12.6. The van der Waals surface area contributed by atoms with Gasteiger partial charge in [0.1, 0.15) is 35.0 Å². The van der Waals surface area contributed by atoms with Crippen molar-refractivity contribution in [3.05, 3.63) is 69.3 Å². The lowest BCUT2D eigenvalue weighted by Gasteiger charge is -2.31. The zero-order chi connectivity index (χ0) is 26.8. The number of nitrogens with zero attached hydrogens (tertiary/aromatic N) is 3. The van der Waals surface area contributed by atoms with Crippen LogP contribution in [0.3, 0.4) is 0 Å². The number of carbonyl (C=O) groups is 1. The van der Waals surface area contributed by atoms with Gasteiger partial charge in [-0.1, -0.05) is 42.3 Å². The van der Waals surface area contributed by atoms with Crippen LogP contribution in [0.2, 0.25) is 10.0 Å². The molecular formula is C28H29Cl2N3O4S. The van der Waals surface area contributed by atoms with Crippen LogP contribution in [0.5, 0.6) is 11.5 Å². The van der Waals surface area contributed by atoms with Crippen molar-refractivity contribution in [1.29, 1.82) is 0 Å². The van der Waals surface area contributed by atoms with Crippen molar-refractivity contribution in [2.45, 2.75) is 38.9 Å². The summed E-state index contributed by atoms with van der Waals surface area (Å²) in [4.78, 5) is 19.9. The number of ether oxygens (including phenoxy) is 3. The fourth-order valence-electron chi connectivity index (χ4n) is 4.67. The molecule has 10 heteroatoms. The summed E-state index contributed by atoms with van der Waals surface area (Å²) in [5.41, 5.74) is 2.40. The average Bonchev–Trinajstić information content (AvgIpc) is 3.53. The number of methoxy groups -OCH3 is 1. The van der Waals surface area contributed by atoms with E-state index in [9.17, 15) is 4.79 Å². The van der Waals surface area contributed by atoms with E-state index in [1.54, 1.807) is 18.5 Å². The maximum absolute atomic E-state index is 12.6. The maximum Gasteiger partial charge on any atom is 0.351 e. The van der Waals surface area contributed by atoms with Crippen molar-refractivity contribution >= 4 is 51.5 Å². The van der Waals surface area contributed by atoms with E-state index in [0.29, 0.717) is 26.4 Å². The van der Waals surface area contributed by atoms with Crippen LogP contribution in [0.15, 0.2) is 48.8 Å². The molecule has 0 radical (unpaired) electrons. The van der Waals surface area contributed by atoms with Crippen LogP contribution in [-0.2, 0) is 4.74 Å². The SMILES string of the molecule is CCN1CCC(Oc2cccc([C@@H](C)Oc3cc(-n4cnc5cc(Cl)ccc54)sc3C(=O)OC)c2Cl)CC1. The Hall–Kier alpha value is -2.78. The molecule has 1 aliphatic heterocycles. The summed E-state index contributed by atoms with van der Waals surface area (Å²) < 4.78 is 19.6. The molecule has 1 aliphatic rings. The third-order valence-electron chi connectivity index (χ3n) is 6.81. The molecule has 5 rings (SSSR count). The highest BCUT2D eigenvalue weighted by Crippen LogP contribution is 2.39. The molecule has 0 amide bonds. The minimum atomic E-state index is -0.475. The number of rotatable bonds is 8. The zero-order valence-corrected chi connectivity index (χ0v) is 23.8. The molecule has 7 nitrogen and oxygen atoms in total. The van der Waals surface area contributed by atoms with E-state index >= 15 is 0 Å². The van der Waals surface area contributed by atoms with Gasteiger partial charge in [-0.15, -0.1) is 11.3 Å². The van der Waals surface area contributed by atoms with Gasteiger partial charge in [0.05, 0.1) is 23.2 Å². The smallest absolute Gasteiger partial charge is 0.351 e. The summed E-state index contributed by atoms with van der Waals surface area (Å²) in [6.45, 7) is 7.18. The number of esters is 1. The Kier molecular flexibility index (Phi) is 8.14. The number of piperidine rings is 1. The van der Waals surface area contributed by atoms with Gasteiger partial charge >= 0.3 is 5.97 Å². The second kappa shape index (κ2) is 11.5. The summed E-state index contributed by atoms with van der Waals surface area (Å²) in [7, 11) is 1.35. The minimum absolute atomic E-state index is 0.131. The lowest BCUT2D eigenvalue weighted by atomic mass is 10.1. The van der Waals surface area contributed by atoms with Crippen molar-refractivity contribution in [2.24, 2.45) is 0 Å². The molecule has 0 unspecified atom stereocenters. The molecular weight excluding hydrogens is 545 g/mol. The summed E-state index contributed by atoms with van der Waals surface area (Å²) >= 11 is 14.2. The van der Waals surface area contributed by atoms with Gasteiger partial charge in [-0.05, 0) is 50.6 Å². The molecule has 2 aromatic heterocycles. The lowest BCUT2D eigenvalue weighted by Crippen LogP contribution is -2.38. The summed E-state index contributed by atoms with van der Waals surface area (Å²) in [6, 6.07) is 13.0. The van der Waals surface area contributed by atoms with Gasteiger partial charge in [0.15, 0.2) is 4.88 Å². The monoisotopic (exact) mass is 573 g/mol. The molecule has 4 aromatic rings. The first kappa shape index (κ1) is 26.8. The topological polar surface area (TPSA) is 65.8 Å². The Bertz CT molecular complexity index is 1450. The standard InChI is InChI=1S/C28H29Cl2N3O4S/c1-4-32-12-10-19(11-13-32)37-23-7-5-6-20(26(23)30)17(2)36-24-15-25(38-27(24)28(34)35-3)33-16-31-21-14-18(29)8-9-22(21)33/h5-9,14-17,19H,4,10-13H2,1-3H3/t17-/m1/s1. The number of likely N-dealkylation sites (tertiary alicyclic amines) is 1. The van der Waals surface area contributed by atoms with Crippen molar-refractivity contribution < 1.29 is 19.0 Å². The van der Waals surface area contributed by atoms with E-state index in [2.05, 4.69) is 16.8 Å². The Morgan fingerprint density at radius 1 is 1.16 bits per heavy atom. The molecule has 200 valence electrons. The highest BCUT2D eigenvalue weighted by molar-refractivity contribution is 7.16. The minimum Gasteiger partial charge on any atom is -0.489 e. The van der Waals surface area contributed by atoms with E-state index in [1.165, 1.54) is 18.4 Å². The molecule has 1 fully saturated rings. The van der Waals surface area contributed by atoms with Crippen molar-refractivity contribution in [3.63, 3.8) is 0 Å². The van der Waals surface area contributed by atoms with Crippen LogP contribution in [0, 0.1) is 0 Å². The Balaban J connectivity index is 1.39. The van der Waals surface area contributed by atoms with Gasteiger partial charge in [-0.25, -0.2) is 9.78 Å². The predicted molar refractivity (Wildman–Crippen MR) is 152 cm³/mol. The number of imidazole rings is 1. The number of halogens is 2. The molecule has 38 heavy (non-hydrogen) atoms. The van der Waals surface area contributed by atoms with Crippen LogP contribution in [0.4, 0.5) is 0 Å². The summed E-state index contributed by atoms with van der Waals surface area (Å²) in [5, 5.41) is 1.89. The molecule has 1 atom stereocenters. The highest BCUT2D eigenvalue weighted by Gasteiger charge is 2.25. The quantitative estimate of drug-likeness (QED) is 0.208. The fraction of sp³-hybridized carbons (Fsp3) is 0.357. The molecule has 0 saturated carbocycles. The zero-order valence-electron chi connectivity index (χ0n) is 21.4. The third kappa shape index (κ3) is 5.50. The number of thiophene rings is 1. The molecule has 0 bridgehead atoms. The first-order chi connectivity index (χ1) is 18.4. The Morgan fingerprint density at radius 3 is 2.68 bits per heavy atom. The first-order valence-corrected chi connectivity index (χ1v) is 14.1. The second-order valence-electron chi connectivity index (χ2n) is 9.19. The molecule has 0 N–H and O–H groups in total. The molecule has 0 spiro atoms. The molecule has 0 aliphatic carbocycles. The van der Waals surface area contributed by atoms with E-state index in [4.69, 9.17) is 37.4 Å². The van der Waals surface area contributed by atoms with Crippen molar-refractivity contribution in [3.8, 4) is 16.5 Å². The number of hydrogen-bond donors (Lipinski definition) is 0. The van der Waals surface area contributed by atoms with E-state index in [-0.39, 0.29) is 6.10 Å². The van der Waals surface area contributed by atoms with Gasteiger partial charge in [0.2, 0.25) is 0 Å². The average molecular weight is 575 g/mol. The van der Waals surface area contributed by atoms with Crippen molar-refractivity contribution in [2.75, 3.05) is 26.7 Å². The molecule has 3 heterocycles. The number of hydrogen-bond acceptors (Lipinski definition) is 7. The normalized spacial score (nSPS) is 15.5. The number of fused-ring (bicyclic) bond motifs is 1. The van der Waals surface area contributed by atoms with E-state index in [0.717, 1.165) is 54.1 Å². The van der Waals surface area contributed by atoms with Gasteiger partial charge < -0.3 is 19.1 Å². The predicted octanol–water partition coefficient (Wildman–Crippen LogP) is 7.18. The second-order valence-corrected chi connectivity index (χ2v) is 11.0. The Labute approximate surface area is 235 Å². The van der Waals surface area contributed by atoms with Crippen LogP contribution in [-0.4, -0.2) is 53.3 Å². The van der Waals surface area contributed by atoms with Gasteiger partial charge in [0, 0.05) is 29.7 Å². The first-order valence-electron chi connectivity index (χ1n) is 12.6. The van der Waals surface area contributed by atoms with Gasteiger partial charge in [-0.2, -0.15) is 0 Å². The number of benzene rings is 2. The molecule has 1 saturated heterocycles. The van der Waals surface area contributed by atoms with Crippen LogP contribution in [0.1, 0.15) is 48.0 Å². The van der Waals surface area contributed by atoms with Crippen molar-refractivity contribution in [1.82, 2.24) is 14.5 Å². The van der Waals surface area contributed by atoms with E-state index in [1.807, 2.05) is 41.8 Å². The summed E-state index contributed by atoms with van der Waals surface area (Å²) in [5.74, 6) is 0.587. The number of carbonyl (C=O) groups excluding carboxylic acids is 1. The lowest BCUT2D eigenvalue weighted by molar-refractivity contribution is 0.0600.